The molecule has 129 heavy (non-hydrogen) atoms. The summed E-state index contributed by atoms with van der Waals surface area (Å²) in [6.45, 7) is 0. The van der Waals surface area contributed by atoms with Gasteiger partial charge in [-0.3, -0.25) is 0 Å². The van der Waals surface area contributed by atoms with Crippen LogP contribution < -0.4 is 14.2 Å². The van der Waals surface area contributed by atoms with E-state index in [1.807, 2.05) is 60.7 Å². The van der Waals surface area contributed by atoms with Gasteiger partial charge in [0.05, 0.1) is 38.9 Å². The van der Waals surface area contributed by atoms with Crippen molar-refractivity contribution in [3.8, 4) is 66.6 Å². The van der Waals surface area contributed by atoms with Gasteiger partial charge in [0.2, 0.25) is 17.6 Å². The van der Waals surface area contributed by atoms with Crippen molar-refractivity contribution in [1.29, 1.82) is 0 Å². The van der Waals surface area contributed by atoms with E-state index in [1.165, 1.54) is 46.1 Å². The van der Waals surface area contributed by atoms with E-state index >= 15 is 0 Å². The van der Waals surface area contributed by atoms with Crippen LogP contribution in [0.2, 0.25) is 0 Å². The molecule has 3 radical (unpaired) electrons. The molecule has 0 aliphatic carbocycles. The molecule has 0 atom stereocenters. The van der Waals surface area contributed by atoms with Crippen LogP contribution in [-0.4, -0.2) is 30.6 Å². The van der Waals surface area contributed by atoms with Crippen LogP contribution in [0.5, 0.6) is 34.9 Å². The van der Waals surface area contributed by atoms with E-state index in [9.17, 15) is 119 Å². The van der Waals surface area contributed by atoms with E-state index in [4.69, 9.17) is 14.2 Å². The Hall–Kier alpha value is -11.2. The third-order valence-corrected chi connectivity index (χ3v) is 22.4. The standard InChI is InChI=1S/3C29H12F9N2OS.3Ir/c30-27(31,32)20-12-17(13-21(28(33,34)35)24(20)29(36,37)38)41-26-19-10-15-6-2-1-5-14(15)9-18(19)25(39-40-26)23-11-16-7-3-4-8-22(16)42-23;30-27(31,32)17-12-20(28(33,34)35)24(29(36,37)38)21(13-17)41-26-19-10-15-6-2-1-5-14(15)9-18(19)25(39-40-26)23-11-16-7-3-4-8-22(16)42-23;30-27(31,32)19-9-10-20(24(29(36,37)38)23(19)28(33,34)35)41-26-18-12-15-6-2-1-5-14(15)11-17(18)25(39-40-26)22-13-16-7-3-4-8-21(16)42-22;;;/h2*1-10,12-13H;1-12H;;;/q3*-1;;;. The molecule has 18 aromatic rings. The minimum atomic E-state index is -6.01. The fraction of sp³-hybridized carbons (Fsp3) is 0.103. The molecule has 9 nitrogen and oxygen atoms in total. The van der Waals surface area contributed by atoms with E-state index in [0.717, 1.165) is 35.6 Å². The summed E-state index contributed by atoms with van der Waals surface area (Å²) in [5, 5.41) is 31.5. The topological polar surface area (TPSA) is 105 Å². The first-order chi connectivity index (χ1) is 59.1. The van der Waals surface area contributed by atoms with Crippen LogP contribution >= 0.6 is 34.0 Å². The molecule has 0 amide bonds. The van der Waals surface area contributed by atoms with Gasteiger partial charge in [-0.05, 0) is 132 Å². The first-order valence-corrected chi connectivity index (χ1v) is 38.1. The number of aromatic nitrogens is 6. The maximum atomic E-state index is 14.0. The summed E-state index contributed by atoms with van der Waals surface area (Å²) >= 11 is 3.95. The van der Waals surface area contributed by atoms with Gasteiger partial charge in [0, 0.05) is 93.6 Å². The first-order valence-electron chi connectivity index (χ1n) is 35.6. The van der Waals surface area contributed by atoms with Crippen LogP contribution in [-0.2, 0) is 116 Å². The first kappa shape index (κ1) is 95.4. The van der Waals surface area contributed by atoms with Gasteiger partial charge >= 0.3 is 55.6 Å². The van der Waals surface area contributed by atoms with Gasteiger partial charge in [-0.15, -0.1) is 86.1 Å². The Bertz CT molecular complexity index is 7220. The van der Waals surface area contributed by atoms with Crippen molar-refractivity contribution in [3.05, 3.63) is 287 Å². The molecule has 0 N–H and O–H groups in total. The molecule has 669 valence electrons. The van der Waals surface area contributed by atoms with E-state index in [-0.39, 0.29) is 124 Å². The van der Waals surface area contributed by atoms with Crippen LogP contribution in [0, 0.1) is 18.2 Å². The molecule has 0 bridgehead atoms. The summed E-state index contributed by atoms with van der Waals surface area (Å²) < 4.78 is 388. The van der Waals surface area contributed by atoms with Crippen molar-refractivity contribution in [1.82, 2.24) is 30.6 Å². The number of benzene rings is 12. The Kier molecular flexibility index (Phi) is 26.0. The van der Waals surface area contributed by atoms with Crippen molar-refractivity contribution in [2.45, 2.75) is 55.6 Å². The normalized spacial score (nSPS) is 12.6. The van der Waals surface area contributed by atoms with Crippen LogP contribution in [0.25, 0.3) is 127 Å². The van der Waals surface area contributed by atoms with Gasteiger partial charge in [-0.1, -0.05) is 127 Å². The van der Waals surface area contributed by atoms with E-state index in [2.05, 4.69) is 48.8 Å². The van der Waals surface area contributed by atoms with Crippen molar-refractivity contribution in [3.63, 3.8) is 0 Å². The zero-order valence-electron chi connectivity index (χ0n) is 62.6. The molecular weight excluding hydrogens is 2360 g/mol. The van der Waals surface area contributed by atoms with Crippen molar-refractivity contribution < 1.29 is 193 Å². The van der Waals surface area contributed by atoms with Crippen molar-refractivity contribution >= 4 is 129 Å². The van der Waals surface area contributed by atoms with E-state index in [0.29, 0.717) is 58.0 Å². The predicted molar refractivity (Wildman–Crippen MR) is 415 cm³/mol. The van der Waals surface area contributed by atoms with Gasteiger partial charge in [0.1, 0.15) is 28.4 Å². The Morgan fingerprint density at radius 3 is 0.822 bits per heavy atom. The van der Waals surface area contributed by atoms with Crippen LogP contribution in [0.1, 0.15) is 50.1 Å². The van der Waals surface area contributed by atoms with Gasteiger partial charge in [-0.2, -0.15) is 134 Å². The number of rotatable bonds is 9. The molecule has 6 aromatic heterocycles. The molecule has 6 heterocycles. The second-order valence-corrected chi connectivity index (χ2v) is 30.5. The average molecular weight is 2400 g/mol. The summed E-state index contributed by atoms with van der Waals surface area (Å²) in [6, 6.07) is 60.9. The molecule has 0 saturated heterocycles. The summed E-state index contributed by atoms with van der Waals surface area (Å²) in [7, 11) is 0. The van der Waals surface area contributed by atoms with Gasteiger partial charge in [0.15, 0.2) is 0 Å². The zero-order chi connectivity index (χ0) is 90.1. The molecule has 0 unspecified atom stereocenters. The third kappa shape index (κ3) is 19.5. The number of hydrogen-bond donors (Lipinski definition) is 0. The summed E-state index contributed by atoms with van der Waals surface area (Å²) in [5.74, 6) is -6.20. The Morgan fingerprint density at radius 2 is 0.519 bits per heavy atom. The average Bonchev–Trinajstić information content (AvgIpc) is 1.58. The minimum absolute atomic E-state index is 0. The number of hydrogen-bond acceptors (Lipinski definition) is 12. The molecule has 12 aromatic carbocycles. The van der Waals surface area contributed by atoms with Crippen molar-refractivity contribution in [2.24, 2.45) is 0 Å². The fourth-order valence-corrected chi connectivity index (χ4v) is 16.9. The van der Waals surface area contributed by atoms with Crippen LogP contribution in [0.15, 0.2) is 218 Å². The Balaban J connectivity index is 0.000000163. The zero-order valence-corrected chi connectivity index (χ0v) is 72.3. The number of thiophene rings is 3. The second-order valence-electron chi connectivity index (χ2n) is 27.4. The molecular formula is C87H36F27Ir3N6O3S3-3. The third-order valence-electron chi connectivity index (χ3n) is 19.2. The number of halogens is 27. The monoisotopic (exact) mass is 2400 g/mol. The number of alkyl halides is 27. The molecule has 42 heteroatoms. The fourth-order valence-electron chi connectivity index (χ4n) is 13.9. The smallest absolute Gasteiger partial charge is 0.420 e. The van der Waals surface area contributed by atoms with Gasteiger partial charge in [0.25, 0.3) is 0 Å². The van der Waals surface area contributed by atoms with E-state index < -0.39 is 147 Å². The van der Waals surface area contributed by atoms with Crippen LogP contribution in [0.4, 0.5) is 119 Å². The van der Waals surface area contributed by atoms with Crippen LogP contribution in [0.3, 0.4) is 0 Å². The predicted octanol–water partition coefficient (Wildman–Crippen LogP) is 30.9. The molecule has 0 spiro atoms. The quantitative estimate of drug-likeness (QED) is 0.0794. The Labute approximate surface area is 756 Å². The summed E-state index contributed by atoms with van der Waals surface area (Å²) in [5.41, 5.74) is -22.0. The van der Waals surface area contributed by atoms with Crippen molar-refractivity contribution in [2.75, 3.05) is 0 Å². The maximum Gasteiger partial charge on any atom is 0.420 e. The number of fused-ring (bicyclic) bond motifs is 9. The SMILES string of the molecule is FC(F)(F)c1cc(Oc2nnc(-c3[c-]c4ccccc4s3)c3cc4ccccc4cc23)c(C(F)(F)F)c(C(F)(F)F)c1.FC(F)(F)c1cc(Oc2nnc(-c3[c-]c4ccccc4s3)c3cc4ccccc4cc23)cc(C(F)(F)F)c1C(F)(F)F.FC(F)(F)c1ccc(Oc2nnc(-c3[c-]c4ccccc4s3)c3cc4ccccc4cc23)c(C(F)(F)F)c1C(F)(F)F.[Ir].[Ir].[Ir]. The number of ether oxygens (including phenoxy) is 3. The molecule has 0 aliphatic heterocycles. The maximum absolute atomic E-state index is 14.0. The molecule has 18 rings (SSSR count). The number of nitrogens with zero attached hydrogens (tertiary/aromatic N) is 6. The molecule has 0 fully saturated rings. The van der Waals surface area contributed by atoms with E-state index in [1.54, 1.807) is 109 Å². The van der Waals surface area contributed by atoms with Gasteiger partial charge < -0.3 is 14.2 Å². The molecule has 0 aliphatic rings. The largest absolute Gasteiger partial charge is 0.437 e. The summed E-state index contributed by atoms with van der Waals surface area (Å²) in [4.78, 5) is 1.59. The second kappa shape index (κ2) is 35.2. The summed E-state index contributed by atoms with van der Waals surface area (Å²) in [6.07, 6.45) is -52.1. The minimum Gasteiger partial charge on any atom is -0.437 e. The van der Waals surface area contributed by atoms with Gasteiger partial charge in [-0.25, -0.2) is 34.0 Å². The Morgan fingerprint density at radius 1 is 0.233 bits per heavy atom. The molecule has 0 saturated carbocycles.